The topological polar surface area (TPSA) is 37.4 Å². The molecule has 0 aliphatic carbocycles. The Balaban J connectivity index is 0.00000137. The van der Waals surface area contributed by atoms with Crippen LogP contribution in [0.5, 0.6) is 0 Å². The maximum Gasteiger partial charge on any atom is 0.242 e. The zero-order valence-corrected chi connectivity index (χ0v) is 12.9. The molecule has 1 aromatic carbocycles. The van der Waals surface area contributed by atoms with Crippen LogP contribution in [0.15, 0.2) is 29.2 Å². The van der Waals surface area contributed by atoms with Crippen molar-refractivity contribution in [1.29, 1.82) is 0 Å². The van der Waals surface area contributed by atoms with E-state index in [0.717, 1.165) is 18.4 Å². The maximum absolute atomic E-state index is 12.0. The van der Waals surface area contributed by atoms with Crippen molar-refractivity contribution in [3.63, 3.8) is 0 Å². The fourth-order valence-electron chi connectivity index (χ4n) is 1.50. The van der Waals surface area contributed by atoms with Gasteiger partial charge < -0.3 is 0 Å². The molecule has 0 spiro atoms. The third-order valence-electron chi connectivity index (χ3n) is 2.59. The number of rotatable bonds is 5. The number of benzene rings is 1. The van der Waals surface area contributed by atoms with Crippen molar-refractivity contribution in [3.05, 3.63) is 29.8 Å². The van der Waals surface area contributed by atoms with Gasteiger partial charge in [0.25, 0.3) is 0 Å². The molecule has 0 aliphatic heterocycles. The van der Waals surface area contributed by atoms with Crippen LogP contribution in [0.25, 0.3) is 0 Å². The predicted octanol–water partition coefficient (Wildman–Crippen LogP) is 3.31. The molecule has 18 heavy (non-hydrogen) atoms. The Labute approximate surface area is 112 Å². The van der Waals surface area contributed by atoms with Gasteiger partial charge in [-0.25, -0.2) is 12.7 Å². The van der Waals surface area contributed by atoms with Gasteiger partial charge in [0.15, 0.2) is 0 Å². The predicted molar refractivity (Wildman–Crippen MR) is 77.3 cm³/mol. The first-order chi connectivity index (χ1) is 8.52. The second-order valence-corrected chi connectivity index (χ2v) is 5.86. The lowest BCUT2D eigenvalue weighted by atomic mass is 10.1. The van der Waals surface area contributed by atoms with Crippen LogP contribution in [-0.2, 0) is 16.4 Å². The molecule has 0 bridgehead atoms. The second-order valence-electron chi connectivity index (χ2n) is 3.82. The molecule has 4 heteroatoms. The molecule has 0 aliphatic rings. The summed E-state index contributed by atoms with van der Waals surface area (Å²) >= 11 is 0. The third kappa shape index (κ3) is 4.42. The van der Waals surface area contributed by atoms with E-state index in [4.69, 9.17) is 0 Å². The molecule has 0 radical (unpaired) electrons. The fraction of sp³-hybridized carbons (Fsp3) is 0.571. The van der Waals surface area contributed by atoms with Crippen LogP contribution in [-0.4, -0.2) is 26.3 Å². The van der Waals surface area contributed by atoms with E-state index < -0.39 is 10.0 Å². The summed E-state index contributed by atoms with van der Waals surface area (Å²) < 4.78 is 25.5. The maximum atomic E-state index is 12.0. The van der Waals surface area contributed by atoms with Crippen molar-refractivity contribution in [3.8, 4) is 0 Å². The minimum Gasteiger partial charge on any atom is -0.207 e. The molecule has 0 saturated carbocycles. The molecule has 0 heterocycles. The molecular weight excluding hydrogens is 246 g/mol. The molecule has 0 amide bonds. The number of hydrogen-bond acceptors (Lipinski definition) is 2. The molecule has 0 unspecified atom stereocenters. The third-order valence-corrected chi connectivity index (χ3v) is 4.52. The fourth-order valence-corrected chi connectivity index (χ4v) is 2.75. The summed E-state index contributed by atoms with van der Waals surface area (Å²) in [6, 6.07) is 7.20. The molecule has 104 valence electrons. The van der Waals surface area contributed by atoms with Gasteiger partial charge in [-0.1, -0.05) is 46.2 Å². The first kappa shape index (κ1) is 17.1. The summed E-state index contributed by atoms with van der Waals surface area (Å²) in [4.78, 5) is 0.391. The standard InChI is InChI=1S/C12H19NO2S.C2H6/c1-4-7-11-8-6-9-12(10-11)16(14,15)13(3)5-2;1-2/h6,8-10H,4-5,7H2,1-3H3;1-2H3. The minimum absolute atomic E-state index is 0.391. The molecule has 1 aromatic rings. The SMILES string of the molecule is CC.CCCc1cccc(S(=O)(=O)N(C)CC)c1. The van der Waals surface area contributed by atoms with E-state index in [0.29, 0.717) is 11.4 Å². The average Bonchev–Trinajstić information content (AvgIpc) is 2.40. The van der Waals surface area contributed by atoms with Crippen LogP contribution in [0.3, 0.4) is 0 Å². The number of sulfonamides is 1. The Kier molecular flexibility index (Phi) is 7.87. The summed E-state index contributed by atoms with van der Waals surface area (Å²) in [7, 11) is -1.70. The summed E-state index contributed by atoms with van der Waals surface area (Å²) in [5.41, 5.74) is 1.08. The molecule has 1 rings (SSSR count). The Hall–Kier alpha value is -0.870. The van der Waals surface area contributed by atoms with Gasteiger partial charge in [0.2, 0.25) is 10.0 Å². The first-order valence-corrected chi connectivity index (χ1v) is 8.01. The molecule has 0 atom stereocenters. The quantitative estimate of drug-likeness (QED) is 0.824. The monoisotopic (exact) mass is 271 g/mol. The van der Waals surface area contributed by atoms with Gasteiger partial charge in [0, 0.05) is 13.6 Å². The van der Waals surface area contributed by atoms with E-state index in [9.17, 15) is 8.42 Å². The van der Waals surface area contributed by atoms with E-state index >= 15 is 0 Å². The van der Waals surface area contributed by atoms with E-state index in [-0.39, 0.29) is 0 Å². The Morgan fingerprint density at radius 2 is 1.78 bits per heavy atom. The average molecular weight is 271 g/mol. The number of aryl methyl sites for hydroxylation is 1. The lowest BCUT2D eigenvalue weighted by Crippen LogP contribution is -2.26. The van der Waals surface area contributed by atoms with E-state index in [1.807, 2.05) is 26.8 Å². The number of nitrogens with zero attached hydrogens (tertiary/aromatic N) is 1. The highest BCUT2D eigenvalue weighted by Crippen LogP contribution is 2.16. The zero-order chi connectivity index (χ0) is 14.2. The van der Waals surface area contributed by atoms with Gasteiger partial charge in [-0.15, -0.1) is 0 Å². The van der Waals surface area contributed by atoms with E-state index in [1.54, 1.807) is 25.2 Å². The molecular formula is C14H25NO2S. The van der Waals surface area contributed by atoms with Gasteiger partial charge in [-0.05, 0) is 24.1 Å². The van der Waals surface area contributed by atoms with Crippen molar-refractivity contribution < 1.29 is 8.42 Å². The lowest BCUT2D eigenvalue weighted by Gasteiger charge is -2.15. The highest BCUT2D eigenvalue weighted by molar-refractivity contribution is 7.89. The van der Waals surface area contributed by atoms with Crippen molar-refractivity contribution in [2.45, 2.75) is 45.4 Å². The largest absolute Gasteiger partial charge is 0.242 e. The first-order valence-electron chi connectivity index (χ1n) is 6.57. The van der Waals surface area contributed by atoms with Gasteiger partial charge in [0.1, 0.15) is 0 Å². The molecule has 0 aromatic heterocycles. The lowest BCUT2D eigenvalue weighted by molar-refractivity contribution is 0.486. The van der Waals surface area contributed by atoms with Crippen LogP contribution in [0, 0.1) is 0 Å². The highest BCUT2D eigenvalue weighted by atomic mass is 32.2. The second kappa shape index (κ2) is 8.27. The van der Waals surface area contributed by atoms with Crippen molar-refractivity contribution in [1.82, 2.24) is 4.31 Å². The molecule has 3 nitrogen and oxygen atoms in total. The minimum atomic E-state index is -3.30. The Bertz CT molecular complexity index is 441. The summed E-state index contributed by atoms with van der Waals surface area (Å²) in [5, 5.41) is 0. The Morgan fingerprint density at radius 1 is 1.17 bits per heavy atom. The Morgan fingerprint density at radius 3 is 2.28 bits per heavy atom. The van der Waals surface area contributed by atoms with Gasteiger partial charge in [-0.3, -0.25) is 0 Å². The van der Waals surface area contributed by atoms with Crippen LogP contribution in [0.1, 0.15) is 39.7 Å². The van der Waals surface area contributed by atoms with Crippen molar-refractivity contribution >= 4 is 10.0 Å². The van der Waals surface area contributed by atoms with Crippen LogP contribution >= 0.6 is 0 Å². The molecule has 0 fully saturated rings. The van der Waals surface area contributed by atoms with Gasteiger partial charge in [-0.2, -0.15) is 0 Å². The van der Waals surface area contributed by atoms with Crippen molar-refractivity contribution in [2.24, 2.45) is 0 Å². The van der Waals surface area contributed by atoms with Gasteiger partial charge in [0.05, 0.1) is 4.90 Å². The van der Waals surface area contributed by atoms with E-state index in [2.05, 4.69) is 6.92 Å². The van der Waals surface area contributed by atoms with Crippen LogP contribution in [0.2, 0.25) is 0 Å². The zero-order valence-electron chi connectivity index (χ0n) is 12.1. The van der Waals surface area contributed by atoms with Crippen LogP contribution < -0.4 is 0 Å². The van der Waals surface area contributed by atoms with Crippen molar-refractivity contribution in [2.75, 3.05) is 13.6 Å². The van der Waals surface area contributed by atoms with Gasteiger partial charge >= 0.3 is 0 Å². The van der Waals surface area contributed by atoms with Crippen LogP contribution in [0.4, 0.5) is 0 Å². The molecule has 0 N–H and O–H groups in total. The summed E-state index contributed by atoms with van der Waals surface area (Å²) in [6.07, 6.45) is 1.94. The summed E-state index contributed by atoms with van der Waals surface area (Å²) in [5.74, 6) is 0. The highest BCUT2D eigenvalue weighted by Gasteiger charge is 2.18. The number of hydrogen-bond donors (Lipinski definition) is 0. The smallest absolute Gasteiger partial charge is 0.207 e. The normalized spacial score (nSPS) is 11.0. The molecule has 0 saturated heterocycles. The summed E-state index contributed by atoms with van der Waals surface area (Å²) in [6.45, 7) is 8.40. The van der Waals surface area contributed by atoms with E-state index in [1.165, 1.54) is 4.31 Å².